The second-order valence-corrected chi connectivity index (χ2v) is 4.70. The molecule has 2 aromatic rings. The predicted molar refractivity (Wildman–Crippen MR) is 74.3 cm³/mol. The molecule has 0 amide bonds. The average molecular weight is 280 g/mol. The maximum Gasteiger partial charge on any atom is 0.127 e. The van der Waals surface area contributed by atoms with Gasteiger partial charge in [-0.25, -0.2) is 4.39 Å². The molecule has 4 heteroatoms. The van der Waals surface area contributed by atoms with Gasteiger partial charge < -0.3 is 10.4 Å². The fourth-order valence-electron chi connectivity index (χ4n) is 1.89. The molecule has 0 heterocycles. The minimum absolute atomic E-state index is 0.00335. The molecule has 0 saturated carbocycles. The number of benzene rings is 2. The average Bonchev–Trinajstić information content (AvgIpc) is 2.43. The van der Waals surface area contributed by atoms with Crippen LogP contribution in [0.1, 0.15) is 16.7 Å². The van der Waals surface area contributed by atoms with Crippen molar-refractivity contribution in [3.63, 3.8) is 0 Å². The molecule has 0 radical (unpaired) electrons. The molecule has 0 aromatic heterocycles. The Morgan fingerprint density at radius 2 is 1.68 bits per heavy atom. The van der Waals surface area contributed by atoms with E-state index in [1.54, 1.807) is 6.07 Å². The summed E-state index contributed by atoms with van der Waals surface area (Å²) >= 11 is 5.83. The third kappa shape index (κ3) is 3.77. The highest BCUT2D eigenvalue weighted by Gasteiger charge is 2.04. The zero-order valence-electron chi connectivity index (χ0n) is 10.4. The highest BCUT2D eigenvalue weighted by atomic mass is 35.5. The molecule has 2 aromatic carbocycles. The first-order valence-electron chi connectivity index (χ1n) is 6.03. The standard InChI is InChI=1S/C15H15ClFNO/c16-14-5-6-15(17)13(7-14)9-18-8-11-3-1-2-4-12(11)10-19/h1-7,18-19H,8-10H2. The van der Waals surface area contributed by atoms with Gasteiger partial charge in [0.1, 0.15) is 5.82 Å². The van der Waals surface area contributed by atoms with E-state index >= 15 is 0 Å². The van der Waals surface area contributed by atoms with E-state index in [9.17, 15) is 9.50 Å². The molecule has 2 nitrogen and oxygen atoms in total. The van der Waals surface area contributed by atoms with Crippen LogP contribution in [0.5, 0.6) is 0 Å². The molecule has 0 spiro atoms. The van der Waals surface area contributed by atoms with E-state index in [4.69, 9.17) is 11.6 Å². The molecule has 0 unspecified atom stereocenters. The lowest BCUT2D eigenvalue weighted by Gasteiger charge is -2.09. The fourth-order valence-corrected chi connectivity index (χ4v) is 2.09. The van der Waals surface area contributed by atoms with Gasteiger partial charge in [0.2, 0.25) is 0 Å². The van der Waals surface area contributed by atoms with Gasteiger partial charge in [0, 0.05) is 23.7 Å². The summed E-state index contributed by atoms with van der Waals surface area (Å²) in [6.07, 6.45) is 0. The molecule has 2 rings (SSSR count). The van der Waals surface area contributed by atoms with Crippen LogP contribution in [0.3, 0.4) is 0 Å². The number of hydrogen-bond donors (Lipinski definition) is 2. The van der Waals surface area contributed by atoms with Crippen molar-refractivity contribution in [3.8, 4) is 0 Å². The quantitative estimate of drug-likeness (QED) is 0.880. The molecule has 0 fully saturated rings. The SMILES string of the molecule is OCc1ccccc1CNCc1cc(Cl)ccc1F. The maximum atomic E-state index is 13.5. The Kier molecular flexibility index (Phi) is 4.91. The second-order valence-electron chi connectivity index (χ2n) is 4.27. The summed E-state index contributed by atoms with van der Waals surface area (Å²) in [5.41, 5.74) is 2.42. The van der Waals surface area contributed by atoms with E-state index in [0.29, 0.717) is 23.7 Å². The monoisotopic (exact) mass is 279 g/mol. The van der Waals surface area contributed by atoms with Crippen LogP contribution in [0.2, 0.25) is 5.02 Å². The number of halogens is 2. The van der Waals surface area contributed by atoms with Crippen LogP contribution in [0.4, 0.5) is 4.39 Å². The van der Waals surface area contributed by atoms with E-state index < -0.39 is 0 Å². The maximum absolute atomic E-state index is 13.5. The third-order valence-corrected chi connectivity index (χ3v) is 3.16. The zero-order chi connectivity index (χ0) is 13.7. The van der Waals surface area contributed by atoms with Gasteiger partial charge in [-0.05, 0) is 29.3 Å². The number of aliphatic hydroxyl groups is 1. The molecule has 0 aliphatic rings. The van der Waals surface area contributed by atoms with Crippen LogP contribution >= 0.6 is 11.6 Å². The Bertz CT molecular complexity index is 560. The molecule has 0 atom stereocenters. The van der Waals surface area contributed by atoms with E-state index in [-0.39, 0.29) is 12.4 Å². The van der Waals surface area contributed by atoms with Gasteiger partial charge in [-0.2, -0.15) is 0 Å². The van der Waals surface area contributed by atoms with Crippen molar-refractivity contribution in [2.75, 3.05) is 0 Å². The van der Waals surface area contributed by atoms with Crippen molar-refractivity contribution in [2.45, 2.75) is 19.7 Å². The molecular weight excluding hydrogens is 265 g/mol. The molecule has 0 aliphatic heterocycles. The number of rotatable bonds is 5. The first-order valence-corrected chi connectivity index (χ1v) is 6.41. The van der Waals surface area contributed by atoms with Gasteiger partial charge in [-0.3, -0.25) is 0 Å². The topological polar surface area (TPSA) is 32.3 Å². The summed E-state index contributed by atoms with van der Waals surface area (Å²) in [5, 5.41) is 12.9. The summed E-state index contributed by atoms with van der Waals surface area (Å²) in [6, 6.07) is 12.1. The Labute approximate surface area is 116 Å². The number of nitrogens with one attached hydrogen (secondary N) is 1. The zero-order valence-corrected chi connectivity index (χ0v) is 11.1. The van der Waals surface area contributed by atoms with Gasteiger partial charge in [0.25, 0.3) is 0 Å². The van der Waals surface area contributed by atoms with Crippen LogP contribution in [0, 0.1) is 5.82 Å². The van der Waals surface area contributed by atoms with Crippen molar-refractivity contribution >= 4 is 11.6 Å². The Balaban J connectivity index is 1.98. The molecule has 0 bridgehead atoms. The van der Waals surface area contributed by atoms with Crippen molar-refractivity contribution < 1.29 is 9.50 Å². The molecule has 0 saturated heterocycles. The van der Waals surface area contributed by atoms with Gasteiger partial charge in [-0.15, -0.1) is 0 Å². The van der Waals surface area contributed by atoms with Crippen LogP contribution in [-0.4, -0.2) is 5.11 Å². The lowest BCUT2D eigenvalue weighted by Crippen LogP contribution is -2.15. The van der Waals surface area contributed by atoms with Crippen LogP contribution in [0.15, 0.2) is 42.5 Å². The second kappa shape index (κ2) is 6.66. The Morgan fingerprint density at radius 1 is 1.00 bits per heavy atom. The van der Waals surface area contributed by atoms with E-state index in [1.165, 1.54) is 12.1 Å². The van der Waals surface area contributed by atoms with Gasteiger partial charge in [0.05, 0.1) is 6.61 Å². The van der Waals surface area contributed by atoms with Gasteiger partial charge >= 0.3 is 0 Å². The minimum Gasteiger partial charge on any atom is -0.392 e. The molecule has 2 N–H and O–H groups in total. The molecular formula is C15H15ClFNO. The van der Waals surface area contributed by atoms with Crippen molar-refractivity contribution in [1.82, 2.24) is 5.32 Å². The summed E-state index contributed by atoms with van der Waals surface area (Å²) in [5.74, 6) is -0.271. The van der Waals surface area contributed by atoms with Crippen LogP contribution in [0.25, 0.3) is 0 Å². The smallest absolute Gasteiger partial charge is 0.127 e. The first-order chi connectivity index (χ1) is 9.20. The summed E-state index contributed by atoms with van der Waals surface area (Å²) in [4.78, 5) is 0. The lowest BCUT2D eigenvalue weighted by molar-refractivity contribution is 0.280. The summed E-state index contributed by atoms with van der Waals surface area (Å²) < 4.78 is 13.5. The molecule has 19 heavy (non-hydrogen) atoms. The van der Waals surface area contributed by atoms with Gasteiger partial charge in [-0.1, -0.05) is 35.9 Å². The fraction of sp³-hybridized carbons (Fsp3) is 0.200. The van der Waals surface area contributed by atoms with E-state index in [2.05, 4.69) is 5.32 Å². The van der Waals surface area contributed by atoms with E-state index in [1.807, 2.05) is 24.3 Å². The lowest BCUT2D eigenvalue weighted by atomic mass is 10.1. The van der Waals surface area contributed by atoms with E-state index in [0.717, 1.165) is 11.1 Å². The highest BCUT2D eigenvalue weighted by molar-refractivity contribution is 6.30. The summed E-state index contributed by atoms with van der Waals surface area (Å²) in [7, 11) is 0. The Morgan fingerprint density at radius 3 is 2.42 bits per heavy atom. The number of hydrogen-bond acceptors (Lipinski definition) is 2. The normalized spacial score (nSPS) is 10.7. The first kappa shape index (κ1) is 14.0. The predicted octanol–water partition coefficient (Wildman–Crippen LogP) is 3.26. The molecule has 100 valence electrons. The Hall–Kier alpha value is -1.42. The largest absolute Gasteiger partial charge is 0.392 e. The summed E-state index contributed by atoms with van der Waals surface area (Å²) in [6.45, 7) is 0.970. The minimum atomic E-state index is -0.271. The highest BCUT2D eigenvalue weighted by Crippen LogP contribution is 2.15. The van der Waals surface area contributed by atoms with Crippen molar-refractivity contribution in [1.29, 1.82) is 0 Å². The van der Waals surface area contributed by atoms with Crippen molar-refractivity contribution in [3.05, 3.63) is 70.0 Å². The van der Waals surface area contributed by atoms with Crippen molar-refractivity contribution in [2.24, 2.45) is 0 Å². The third-order valence-electron chi connectivity index (χ3n) is 2.93. The van der Waals surface area contributed by atoms with Crippen LogP contribution < -0.4 is 5.32 Å². The van der Waals surface area contributed by atoms with Gasteiger partial charge in [0.15, 0.2) is 0 Å². The molecule has 0 aliphatic carbocycles. The van der Waals surface area contributed by atoms with Crippen LogP contribution in [-0.2, 0) is 19.7 Å². The number of aliphatic hydroxyl groups excluding tert-OH is 1.